The number of hydrogen-bond acceptors (Lipinski definition) is 7. The zero-order valence-electron chi connectivity index (χ0n) is 18.7. The molecule has 0 N–H and O–H groups in total. The molecule has 0 spiro atoms. The van der Waals surface area contributed by atoms with Crippen LogP contribution in [-0.4, -0.2) is 49.4 Å². The Morgan fingerprint density at radius 3 is 2.74 bits per heavy atom. The molecule has 178 valence electrons. The lowest BCUT2D eigenvalue weighted by Gasteiger charge is -2.31. The number of piperidine rings is 1. The predicted molar refractivity (Wildman–Crippen MR) is 132 cm³/mol. The van der Waals surface area contributed by atoms with Crippen molar-refractivity contribution < 1.29 is 9.63 Å². The molecule has 3 aromatic rings. The third kappa shape index (κ3) is 4.82. The van der Waals surface area contributed by atoms with Gasteiger partial charge in [-0.05, 0) is 53.6 Å². The smallest absolute Gasteiger partial charge is 0.244 e. The highest BCUT2D eigenvalue weighted by atomic mass is 35.5. The van der Waals surface area contributed by atoms with E-state index in [2.05, 4.69) is 45.7 Å². The first-order valence-electron chi connectivity index (χ1n) is 11.3. The van der Waals surface area contributed by atoms with Crippen molar-refractivity contribution >= 4 is 46.2 Å². The lowest BCUT2D eigenvalue weighted by Crippen LogP contribution is -2.39. The number of aromatic nitrogens is 4. The molecule has 2 aliphatic rings. The van der Waals surface area contributed by atoms with Crippen LogP contribution in [0.1, 0.15) is 60.0 Å². The number of amides is 1. The van der Waals surface area contributed by atoms with Gasteiger partial charge in [0.2, 0.25) is 16.5 Å². The van der Waals surface area contributed by atoms with Gasteiger partial charge in [0.1, 0.15) is 12.3 Å². The monoisotopic (exact) mass is 518 g/mol. The molecule has 1 amide bonds. The normalized spacial score (nSPS) is 18.7. The highest BCUT2D eigenvalue weighted by Crippen LogP contribution is 2.34. The average molecular weight is 519 g/mol. The van der Waals surface area contributed by atoms with Crippen LogP contribution in [0.3, 0.4) is 0 Å². The molecule has 2 aromatic heterocycles. The number of likely N-dealkylation sites (tertiary alicyclic amines) is 1. The first-order valence-corrected chi connectivity index (χ1v) is 12.9. The van der Waals surface area contributed by atoms with E-state index in [-0.39, 0.29) is 29.1 Å². The van der Waals surface area contributed by atoms with Gasteiger partial charge in [-0.15, -0.1) is 16.4 Å². The van der Waals surface area contributed by atoms with Gasteiger partial charge in [-0.2, -0.15) is 4.98 Å². The van der Waals surface area contributed by atoms with E-state index in [1.54, 1.807) is 11.3 Å². The zero-order chi connectivity index (χ0) is 23.7. The number of rotatable bonds is 6. The second-order valence-electron chi connectivity index (χ2n) is 8.42. The summed E-state index contributed by atoms with van der Waals surface area (Å²) in [5.74, 6) is 0.282. The minimum Gasteiger partial charge on any atom is -0.387 e. The standard InChI is InChI=1S/C23H24Cl2N6O2S/c1-2-14-5-3-4-6-16(14)19-11-17(29-33-19)18-13-34-21(26-18)15-7-9-30(10-8-15)20(32)12-31-23(25)27-22(24)28-31/h3-6,13,15,19H,2,7-12H2,1H3. The summed E-state index contributed by atoms with van der Waals surface area (Å²) in [5, 5.41) is 11.6. The molecule has 8 nitrogen and oxygen atoms in total. The first-order chi connectivity index (χ1) is 16.5. The Morgan fingerprint density at radius 1 is 1.21 bits per heavy atom. The highest BCUT2D eigenvalue weighted by molar-refractivity contribution is 7.10. The van der Waals surface area contributed by atoms with Crippen LogP contribution < -0.4 is 0 Å². The van der Waals surface area contributed by atoms with Gasteiger partial charge in [-0.1, -0.05) is 36.3 Å². The molecule has 5 rings (SSSR count). The number of benzene rings is 1. The maximum atomic E-state index is 12.6. The van der Waals surface area contributed by atoms with Crippen molar-refractivity contribution in [2.45, 2.75) is 51.2 Å². The Morgan fingerprint density at radius 2 is 2.00 bits per heavy atom. The van der Waals surface area contributed by atoms with Crippen molar-refractivity contribution in [2.24, 2.45) is 5.16 Å². The van der Waals surface area contributed by atoms with Crippen molar-refractivity contribution in [3.05, 3.63) is 62.0 Å². The van der Waals surface area contributed by atoms with E-state index in [0.29, 0.717) is 19.0 Å². The van der Waals surface area contributed by atoms with E-state index in [1.165, 1.54) is 15.8 Å². The maximum absolute atomic E-state index is 12.6. The molecular formula is C23H24Cl2N6O2S. The summed E-state index contributed by atoms with van der Waals surface area (Å²) in [5.41, 5.74) is 4.28. The summed E-state index contributed by atoms with van der Waals surface area (Å²) in [6.45, 7) is 3.52. The van der Waals surface area contributed by atoms with Gasteiger partial charge in [0, 0.05) is 30.8 Å². The minimum absolute atomic E-state index is 0.0345. The van der Waals surface area contributed by atoms with E-state index < -0.39 is 0 Å². The van der Waals surface area contributed by atoms with Gasteiger partial charge in [0.15, 0.2) is 6.10 Å². The number of hydrogen-bond donors (Lipinski definition) is 0. The van der Waals surface area contributed by atoms with Crippen LogP contribution in [0.15, 0.2) is 34.8 Å². The molecule has 1 fully saturated rings. The van der Waals surface area contributed by atoms with E-state index in [0.717, 1.165) is 42.1 Å². The van der Waals surface area contributed by atoms with E-state index in [9.17, 15) is 4.79 Å². The third-order valence-electron chi connectivity index (χ3n) is 6.35. The van der Waals surface area contributed by atoms with E-state index in [1.807, 2.05) is 11.0 Å². The summed E-state index contributed by atoms with van der Waals surface area (Å²) in [7, 11) is 0. The topological polar surface area (TPSA) is 85.5 Å². The van der Waals surface area contributed by atoms with Crippen molar-refractivity contribution in [1.29, 1.82) is 0 Å². The zero-order valence-corrected chi connectivity index (χ0v) is 21.0. The predicted octanol–water partition coefficient (Wildman–Crippen LogP) is 4.88. The van der Waals surface area contributed by atoms with Crippen LogP contribution >= 0.6 is 34.5 Å². The summed E-state index contributed by atoms with van der Waals surface area (Å²) >= 11 is 13.4. The van der Waals surface area contributed by atoms with Crippen LogP contribution in [0, 0.1) is 0 Å². The largest absolute Gasteiger partial charge is 0.387 e. The lowest BCUT2D eigenvalue weighted by atomic mass is 9.96. The second kappa shape index (κ2) is 10.0. The van der Waals surface area contributed by atoms with Gasteiger partial charge < -0.3 is 9.74 Å². The van der Waals surface area contributed by atoms with Gasteiger partial charge in [0.25, 0.3) is 0 Å². The Hall–Kier alpha value is -2.49. The summed E-state index contributed by atoms with van der Waals surface area (Å²) in [6.07, 6.45) is 3.36. The molecule has 4 heterocycles. The van der Waals surface area contributed by atoms with Crippen molar-refractivity contribution in [1.82, 2.24) is 24.6 Å². The molecule has 0 aliphatic carbocycles. The van der Waals surface area contributed by atoms with Crippen molar-refractivity contribution in [3.8, 4) is 0 Å². The molecule has 1 aromatic carbocycles. The number of nitrogens with zero attached hydrogens (tertiary/aromatic N) is 6. The van der Waals surface area contributed by atoms with E-state index >= 15 is 0 Å². The fourth-order valence-electron chi connectivity index (χ4n) is 4.48. The molecule has 1 unspecified atom stereocenters. The van der Waals surface area contributed by atoms with Crippen LogP contribution in [0.25, 0.3) is 0 Å². The summed E-state index contributed by atoms with van der Waals surface area (Å²) < 4.78 is 1.32. The molecule has 34 heavy (non-hydrogen) atoms. The molecule has 2 aliphatic heterocycles. The number of carbonyl (C=O) groups is 1. The fourth-order valence-corrected chi connectivity index (χ4v) is 5.87. The number of halogens is 2. The van der Waals surface area contributed by atoms with E-state index in [4.69, 9.17) is 33.0 Å². The summed E-state index contributed by atoms with van der Waals surface area (Å²) in [4.78, 5) is 29.0. The Labute approximate surface area is 211 Å². The molecule has 0 radical (unpaired) electrons. The Kier molecular flexibility index (Phi) is 6.85. The first kappa shape index (κ1) is 23.3. The number of thiazole rings is 1. The lowest BCUT2D eigenvalue weighted by molar-refractivity contribution is -0.133. The number of carbonyl (C=O) groups excluding carboxylic acids is 1. The van der Waals surface area contributed by atoms with Crippen LogP contribution in [0.4, 0.5) is 0 Å². The van der Waals surface area contributed by atoms with Gasteiger partial charge in [-0.25, -0.2) is 9.67 Å². The third-order valence-corrected chi connectivity index (χ3v) is 7.80. The van der Waals surface area contributed by atoms with Gasteiger partial charge >= 0.3 is 0 Å². The Balaban J connectivity index is 1.17. The average Bonchev–Trinajstić information content (AvgIpc) is 3.59. The van der Waals surface area contributed by atoms with Crippen molar-refractivity contribution in [2.75, 3.05) is 13.1 Å². The van der Waals surface area contributed by atoms with Crippen molar-refractivity contribution in [3.63, 3.8) is 0 Å². The second-order valence-corrected chi connectivity index (χ2v) is 9.99. The van der Waals surface area contributed by atoms with Gasteiger partial charge in [0.05, 0.1) is 10.7 Å². The molecule has 11 heteroatoms. The summed E-state index contributed by atoms with van der Waals surface area (Å²) in [6, 6.07) is 8.37. The Bertz CT molecular complexity index is 1220. The highest BCUT2D eigenvalue weighted by Gasteiger charge is 2.29. The van der Waals surface area contributed by atoms with Crippen LogP contribution in [-0.2, 0) is 22.6 Å². The minimum atomic E-state index is -0.0566. The maximum Gasteiger partial charge on any atom is 0.244 e. The molecule has 1 atom stereocenters. The molecule has 0 saturated carbocycles. The van der Waals surface area contributed by atoms with Crippen LogP contribution in [0.2, 0.25) is 10.6 Å². The fraction of sp³-hybridized carbons (Fsp3) is 0.435. The van der Waals surface area contributed by atoms with Crippen LogP contribution in [0.5, 0.6) is 0 Å². The number of oxime groups is 1. The number of aryl methyl sites for hydroxylation is 1. The molecular weight excluding hydrogens is 495 g/mol. The molecule has 1 saturated heterocycles. The quantitative estimate of drug-likeness (QED) is 0.464. The van der Waals surface area contributed by atoms with Gasteiger partial charge in [-0.3, -0.25) is 4.79 Å². The molecule has 0 bridgehead atoms. The SMILES string of the molecule is CCc1ccccc1C1CC(c2csc(C3CCN(C(=O)Cn4nc(Cl)nc4Cl)CC3)n2)=NO1.